The minimum atomic E-state index is -3.57. The lowest BCUT2D eigenvalue weighted by Gasteiger charge is -2.24. The van der Waals surface area contributed by atoms with Gasteiger partial charge in [0.15, 0.2) is 0 Å². The van der Waals surface area contributed by atoms with Crippen molar-refractivity contribution in [3.8, 4) is 0 Å². The third kappa shape index (κ3) is 2.09. The van der Waals surface area contributed by atoms with Crippen molar-refractivity contribution in [2.75, 3.05) is 4.31 Å². The number of sulfonamides is 1. The predicted octanol–water partition coefficient (Wildman–Crippen LogP) is 3.48. The van der Waals surface area contributed by atoms with Gasteiger partial charge in [0, 0.05) is 11.1 Å². The monoisotopic (exact) mass is 307 g/mol. The second kappa shape index (κ2) is 4.79. The summed E-state index contributed by atoms with van der Waals surface area (Å²) in [5.41, 5.74) is 1.82. The predicted molar refractivity (Wildman–Crippen MR) is 80.7 cm³/mol. The van der Waals surface area contributed by atoms with E-state index in [-0.39, 0.29) is 10.9 Å². The van der Waals surface area contributed by atoms with Crippen LogP contribution in [0.15, 0.2) is 53.4 Å². The van der Waals surface area contributed by atoms with Crippen molar-refractivity contribution < 1.29 is 8.42 Å². The maximum Gasteiger partial charge on any atom is 0.264 e. The third-order valence-corrected chi connectivity index (χ3v) is 5.66. The van der Waals surface area contributed by atoms with Gasteiger partial charge in [0.25, 0.3) is 10.0 Å². The first-order valence-corrected chi connectivity index (χ1v) is 8.20. The molecule has 0 radical (unpaired) electrons. The zero-order valence-corrected chi connectivity index (χ0v) is 12.5. The van der Waals surface area contributed by atoms with Crippen molar-refractivity contribution >= 4 is 27.3 Å². The molecule has 0 bridgehead atoms. The Labute approximate surface area is 123 Å². The van der Waals surface area contributed by atoms with Crippen LogP contribution in [0.2, 0.25) is 5.02 Å². The van der Waals surface area contributed by atoms with Crippen LogP contribution in [0, 0.1) is 0 Å². The molecule has 1 heterocycles. The molecule has 3 nitrogen and oxygen atoms in total. The van der Waals surface area contributed by atoms with Crippen LogP contribution in [0.25, 0.3) is 0 Å². The van der Waals surface area contributed by atoms with E-state index >= 15 is 0 Å². The van der Waals surface area contributed by atoms with Crippen LogP contribution in [0.3, 0.4) is 0 Å². The Morgan fingerprint density at radius 3 is 2.65 bits per heavy atom. The van der Waals surface area contributed by atoms with Crippen molar-refractivity contribution in [1.82, 2.24) is 0 Å². The number of halogens is 1. The van der Waals surface area contributed by atoms with Crippen molar-refractivity contribution in [2.24, 2.45) is 0 Å². The summed E-state index contributed by atoms with van der Waals surface area (Å²) in [5.74, 6) is 0. The van der Waals surface area contributed by atoms with E-state index < -0.39 is 10.0 Å². The molecule has 0 aromatic heterocycles. The molecule has 0 fully saturated rings. The number of anilines is 1. The molecule has 0 saturated heterocycles. The second-order valence-electron chi connectivity index (χ2n) is 4.94. The molecule has 0 saturated carbocycles. The van der Waals surface area contributed by atoms with Gasteiger partial charge in [0.05, 0.1) is 10.6 Å². The quantitative estimate of drug-likeness (QED) is 0.852. The van der Waals surface area contributed by atoms with E-state index in [1.165, 1.54) is 10.4 Å². The van der Waals surface area contributed by atoms with Gasteiger partial charge in [-0.15, -0.1) is 0 Å². The van der Waals surface area contributed by atoms with Gasteiger partial charge in [-0.3, -0.25) is 4.31 Å². The number of rotatable bonds is 2. The zero-order valence-electron chi connectivity index (χ0n) is 11.0. The van der Waals surface area contributed by atoms with Crippen LogP contribution in [0.5, 0.6) is 0 Å². The van der Waals surface area contributed by atoms with E-state index in [1.54, 1.807) is 18.2 Å². The summed E-state index contributed by atoms with van der Waals surface area (Å²) >= 11 is 5.91. The van der Waals surface area contributed by atoms with Gasteiger partial charge in [-0.2, -0.15) is 0 Å². The topological polar surface area (TPSA) is 37.4 Å². The molecule has 3 rings (SSSR count). The fourth-order valence-corrected chi connectivity index (χ4v) is 4.64. The van der Waals surface area contributed by atoms with Gasteiger partial charge in [-0.1, -0.05) is 35.9 Å². The minimum absolute atomic E-state index is 0.0867. The van der Waals surface area contributed by atoms with E-state index in [4.69, 9.17) is 11.6 Å². The molecule has 0 amide bonds. The molecule has 20 heavy (non-hydrogen) atoms. The zero-order chi connectivity index (χ0) is 14.3. The standard InChI is InChI=1S/C15H14ClNO2S/c1-11-9-12-5-2-3-8-15(12)17(11)20(18,19)14-7-4-6-13(16)10-14/h2-8,10-11H,9H2,1H3/t11-/m1/s1. The molecule has 5 heteroatoms. The number of hydrogen-bond acceptors (Lipinski definition) is 2. The van der Waals surface area contributed by atoms with Crippen LogP contribution >= 0.6 is 11.6 Å². The first-order valence-electron chi connectivity index (χ1n) is 6.38. The number of hydrogen-bond donors (Lipinski definition) is 0. The molecule has 1 aliphatic heterocycles. The van der Waals surface area contributed by atoms with Gasteiger partial charge in [0.2, 0.25) is 0 Å². The first-order chi connectivity index (χ1) is 9.50. The maximum atomic E-state index is 12.8. The molecule has 104 valence electrons. The highest BCUT2D eigenvalue weighted by Crippen LogP contribution is 2.36. The summed E-state index contributed by atoms with van der Waals surface area (Å²) < 4.78 is 27.1. The summed E-state index contributed by atoms with van der Waals surface area (Å²) in [5, 5.41) is 0.422. The highest BCUT2D eigenvalue weighted by molar-refractivity contribution is 7.92. The van der Waals surface area contributed by atoms with Crippen LogP contribution < -0.4 is 4.31 Å². The average Bonchev–Trinajstić information content (AvgIpc) is 2.75. The SMILES string of the molecule is C[C@@H]1Cc2ccccc2N1S(=O)(=O)c1cccc(Cl)c1. The van der Waals surface area contributed by atoms with Crippen molar-refractivity contribution in [3.05, 3.63) is 59.1 Å². The molecule has 0 spiro atoms. The highest BCUT2D eigenvalue weighted by atomic mass is 35.5. The molecule has 1 aliphatic rings. The molecule has 0 aliphatic carbocycles. The van der Waals surface area contributed by atoms with Crippen molar-refractivity contribution in [1.29, 1.82) is 0 Å². The fraction of sp³-hybridized carbons (Fsp3) is 0.200. The summed E-state index contributed by atoms with van der Waals surface area (Å²) in [6, 6.07) is 13.9. The summed E-state index contributed by atoms with van der Waals surface area (Å²) in [6.07, 6.45) is 0.732. The molecule has 2 aromatic carbocycles. The third-order valence-electron chi connectivity index (χ3n) is 3.50. The Hall–Kier alpha value is -1.52. The lowest BCUT2D eigenvalue weighted by molar-refractivity contribution is 0.584. The summed E-state index contributed by atoms with van der Waals surface area (Å²) in [6.45, 7) is 1.92. The second-order valence-corrected chi connectivity index (χ2v) is 7.19. The van der Waals surface area contributed by atoms with E-state index in [0.717, 1.165) is 17.7 Å². The highest BCUT2D eigenvalue weighted by Gasteiger charge is 2.35. The number of nitrogens with zero attached hydrogens (tertiary/aromatic N) is 1. The number of para-hydroxylation sites is 1. The van der Waals surface area contributed by atoms with Gasteiger partial charge >= 0.3 is 0 Å². The molecule has 0 N–H and O–H groups in total. The van der Waals surface area contributed by atoms with Crippen LogP contribution in [-0.2, 0) is 16.4 Å². The smallest absolute Gasteiger partial charge is 0.263 e. The largest absolute Gasteiger partial charge is 0.264 e. The fourth-order valence-electron chi connectivity index (χ4n) is 2.64. The van der Waals surface area contributed by atoms with Crippen molar-refractivity contribution in [2.45, 2.75) is 24.3 Å². The maximum absolute atomic E-state index is 12.8. The van der Waals surface area contributed by atoms with Crippen LogP contribution in [0.4, 0.5) is 5.69 Å². The van der Waals surface area contributed by atoms with Crippen LogP contribution in [0.1, 0.15) is 12.5 Å². The molecule has 0 unspecified atom stereocenters. The van der Waals surface area contributed by atoms with E-state index in [0.29, 0.717) is 5.02 Å². The van der Waals surface area contributed by atoms with E-state index in [1.807, 2.05) is 31.2 Å². The lowest BCUT2D eigenvalue weighted by Crippen LogP contribution is -2.35. The normalized spacial score (nSPS) is 18.1. The Bertz CT molecular complexity index is 758. The van der Waals surface area contributed by atoms with Gasteiger partial charge in [0.1, 0.15) is 0 Å². The lowest BCUT2D eigenvalue weighted by atomic mass is 10.1. The number of benzene rings is 2. The Morgan fingerprint density at radius 2 is 1.90 bits per heavy atom. The summed E-state index contributed by atoms with van der Waals surface area (Å²) in [7, 11) is -3.57. The van der Waals surface area contributed by atoms with Crippen molar-refractivity contribution in [3.63, 3.8) is 0 Å². The Balaban J connectivity index is 2.13. The van der Waals surface area contributed by atoms with Gasteiger partial charge in [-0.05, 0) is 43.2 Å². The molecular formula is C15H14ClNO2S. The Kier molecular flexibility index (Phi) is 3.22. The minimum Gasteiger partial charge on any atom is -0.263 e. The number of fused-ring (bicyclic) bond motifs is 1. The van der Waals surface area contributed by atoms with Gasteiger partial charge in [-0.25, -0.2) is 8.42 Å². The van der Waals surface area contributed by atoms with E-state index in [2.05, 4.69) is 0 Å². The summed E-state index contributed by atoms with van der Waals surface area (Å²) in [4.78, 5) is 0.230. The first kappa shape index (κ1) is 13.5. The van der Waals surface area contributed by atoms with Gasteiger partial charge < -0.3 is 0 Å². The molecule has 2 aromatic rings. The average molecular weight is 308 g/mol. The van der Waals surface area contributed by atoms with E-state index in [9.17, 15) is 8.42 Å². The molecular weight excluding hydrogens is 294 g/mol. The van der Waals surface area contributed by atoms with Crippen LogP contribution in [-0.4, -0.2) is 14.5 Å². The Morgan fingerprint density at radius 1 is 1.15 bits per heavy atom. The molecule has 1 atom stereocenters.